The van der Waals surface area contributed by atoms with Crippen LogP contribution < -0.4 is 0 Å². The summed E-state index contributed by atoms with van der Waals surface area (Å²) in [5.74, 6) is -5.08. The summed E-state index contributed by atoms with van der Waals surface area (Å²) in [6.07, 6.45) is 2.51. The van der Waals surface area contributed by atoms with Crippen LogP contribution in [0.3, 0.4) is 0 Å². The predicted molar refractivity (Wildman–Crippen MR) is 58.2 cm³/mol. The minimum absolute atomic E-state index is 0.0646. The molecule has 0 aliphatic carbocycles. The molecule has 5 heteroatoms. The molecule has 92 valence electrons. The van der Waals surface area contributed by atoms with Crippen LogP contribution in [0.4, 0.5) is 13.2 Å². The molecule has 0 aromatic heterocycles. The van der Waals surface area contributed by atoms with E-state index in [1.807, 2.05) is 0 Å². The molecule has 1 aromatic rings. The summed E-state index contributed by atoms with van der Waals surface area (Å²) < 4.78 is 39.3. The van der Waals surface area contributed by atoms with Crippen LogP contribution in [-0.2, 0) is 0 Å². The second-order valence-corrected chi connectivity index (χ2v) is 3.82. The van der Waals surface area contributed by atoms with E-state index in [-0.39, 0.29) is 5.56 Å². The molecule has 0 spiro atoms. The smallest absolute Gasteiger partial charge is 0.195 e. The highest BCUT2D eigenvalue weighted by atomic mass is 19.2. The number of ketones is 1. The second kappa shape index (κ2) is 5.03. The molecule has 0 fully saturated rings. The summed E-state index contributed by atoms with van der Waals surface area (Å²) in [6, 6.07) is 0.801. The van der Waals surface area contributed by atoms with Crippen molar-refractivity contribution in [3.63, 3.8) is 0 Å². The van der Waals surface area contributed by atoms with E-state index in [1.54, 1.807) is 19.0 Å². The lowest BCUT2D eigenvalue weighted by Gasteiger charge is -2.07. The second-order valence-electron chi connectivity index (χ2n) is 3.82. The Labute approximate surface area is 97.3 Å². The number of halogens is 3. The van der Waals surface area contributed by atoms with Gasteiger partial charge in [0, 0.05) is 26.4 Å². The lowest BCUT2D eigenvalue weighted by molar-refractivity contribution is 0.104. The molecule has 0 N–H and O–H groups in total. The van der Waals surface area contributed by atoms with Crippen LogP contribution in [0.2, 0.25) is 0 Å². The summed E-state index contributed by atoms with van der Waals surface area (Å²) in [7, 11) is 3.36. The van der Waals surface area contributed by atoms with Crippen molar-refractivity contribution in [2.24, 2.45) is 0 Å². The van der Waals surface area contributed by atoms with Gasteiger partial charge in [0.1, 0.15) is 0 Å². The minimum Gasteiger partial charge on any atom is -0.383 e. The van der Waals surface area contributed by atoms with Crippen LogP contribution >= 0.6 is 0 Å². The molecule has 0 unspecified atom stereocenters. The van der Waals surface area contributed by atoms with Crippen LogP contribution in [0.5, 0.6) is 0 Å². The summed E-state index contributed by atoms with van der Waals surface area (Å²) in [4.78, 5) is 13.2. The average molecular weight is 243 g/mol. The molecule has 0 aliphatic heterocycles. The van der Waals surface area contributed by atoms with Crippen molar-refractivity contribution in [3.05, 3.63) is 46.9 Å². The van der Waals surface area contributed by atoms with Crippen molar-refractivity contribution in [2.45, 2.75) is 6.92 Å². The van der Waals surface area contributed by atoms with E-state index in [4.69, 9.17) is 0 Å². The lowest BCUT2D eigenvalue weighted by atomic mass is 10.0. The molecular formula is C12H12F3NO. The van der Waals surface area contributed by atoms with Gasteiger partial charge in [0.15, 0.2) is 23.2 Å². The summed E-state index contributed by atoms with van der Waals surface area (Å²) in [6.45, 7) is 1.35. The fraction of sp³-hybridized carbons (Fsp3) is 0.250. The number of carbonyl (C=O) groups is 1. The van der Waals surface area contributed by atoms with Gasteiger partial charge in [0.05, 0.1) is 5.56 Å². The number of benzene rings is 1. The third kappa shape index (κ3) is 2.87. The van der Waals surface area contributed by atoms with Crippen molar-refractivity contribution in [3.8, 4) is 0 Å². The van der Waals surface area contributed by atoms with Gasteiger partial charge < -0.3 is 4.90 Å². The molecule has 0 bridgehead atoms. The van der Waals surface area contributed by atoms with Gasteiger partial charge in [-0.2, -0.15) is 0 Å². The number of rotatable bonds is 3. The SMILES string of the molecule is Cc1cc(F)c(F)c(F)c1C(=O)/C=C/N(C)C. The minimum atomic E-state index is -1.63. The maximum atomic E-state index is 13.4. The lowest BCUT2D eigenvalue weighted by Crippen LogP contribution is -2.08. The van der Waals surface area contributed by atoms with Gasteiger partial charge in [0.2, 0.25) is 0 Å². The average Bonchev–Trinajstić information content (AvgIpc) is 2.23. The van der Waals surface area contributed by atoms with Crippen molar-refractivity contribution in [2.75, 3.05) is 14.1 Å². The Morgan fingerprint density at radius 1 is 1.24 bits per heavy atom. The Bertz CT molecular complexity index is 481. The van der Waals surface area contributed by atoms with Crippen LogP contribution in [0.1, 0.15) is 15.9 Å². The van der Waals surface area contributed by atoms with E-state index < -0.39 is 28.8 Å². The topological polar surface area (TPSA) is 20.3 Å². The van der Waals surface area contributed by atoms with Gasteiger partial charge in [-0.05, 0) is 18.6 Å². The van der Waals surface area contributed by atoms with Crippen molar-refractivity contribution < 1.29 is 18.0 Å². The first-order chi connectivity index (χ1) is 7.84. The summed E-state index contributed by atoms with van der Waals surface area (Å²) in [5.41, 5.74) is -0.378. The molecule has 1 rings (SSSR count). The van der Waals surface area contributed by atoms with E-state index in [9.17, 15) is 18.0 Å². The molecule has 0 saturated carbocycles. The summed E-state index contributed by atoms with van der Waals surface area (Å²) >= 11 is 0. The van der Waals surface area contributed by atoms with Crippen LogP contribution in [0, 0.1) is 24.4 Å². The van der Waals surface area contributed by atoms with E-state index in [0.29, 0.717) is 0 Å². The van der Waals surface area contributed by atoms with E-state index in [2.05, 4.69) is 0 Å². The van der Waals surface area contributed by atoms with Gasteiger partial charge in [-0.25, -0.2) is 13.2 Å². The largest absolute Gasteiger partial charge is 0.383 e. The Hall–Kier alpha value is -1.78. The number of allylic oxidation sites excluding steroid dienone is 1. The van der Waals surface area contributed by atoms with E-state index in [1.165, 1.54) is 13.1 Å². The van der Waals surface area contributed by atoms with E-state index >= 15 is 0 Å². The molecule has 0 aliphatic rings. The standard InChI is InChI=1S/C12H12F3NO/c1-7-6-8(13)11(14)12(15)10(7)9(17)4-5-16(2)3/h4-6H,1-3H3/b5-4+. The number of aryl methyl sites for hydroxylation is 1. The highest BCUT2D eigenvalue weighted by molar-refractivity contribution is 6.05. The first kappa shape index (κ1) is 13.3. The molecule has 0 radical (unpaired) electrons. The zero-order chi connectivity index (χ0) is 13.2. The molecule has 0 amide bonds. The Morgan fingerprint density at radius 3 is 2.35 bits per heavy atom. The van der Waals surface area contributed by atoms with Crippen LogP contribution in [-0.4, -0.2) is 24.8 Å². The monoisotopic (exact) mass is 243 g/mol. The molecule has 17 heavy (non-hydrogen) atoms. The first-order valence-electron chi connectivity index (χ1n) is 4.87. The molecule has 1 aromatic carbocycles. The van der Waals surface area contributed by atoms with E-state index in [0.717, 1.165) is 12.1 Å². The third-order valence-corrected chi connectivity index (χ3v) is 2.13. The van der Waals surface area contributed by atoms with Crippen molar-refractivity contribution >= 4 is 5.78 Å². The Balaban J connectivity index is 3.23. The Morgan fingerprint density at radius 2 is 1.82 bits per heavy atom. The maximum absolute atomic E-state index is 13.4. The van der Waals surface area contributed by atoms with Crippen molar-refractivity contribution in [1.29, 1.82) is 0 Å². The van der Waals surface area contributed by atoms with Crippen LogP contribution in [0.15, 0.2) is 18.3 Å². The quantitative estimate of drug-likeness (QED) is 0.462. The number of hydrogen-bond acceptors (Lipinski definition) is 2. The fourth-order valence-corrected chi connectivity index (χ4v) is 1.32. The molecule has 0 atom stereocenters. The number of nitrogens with zero attached hydrogens (tertiary/aromatic N) is 1. The van der Waals surface area contributed by atoms with Gasteiger partial charge in [-0.3, -0.25) is 4.79 Å². The molecule has 2 nitrogen and oxygen atoms in total. The maximum Gasteiger partial charge on any atom is 0.195 e. The Kier molecular flexibility index (Phi) is 3.93. The van der Waals surface area contributed by atoms with Crippen molar-refractivity contribution in [1.82, 2.24) is 4.90 Å². The molecule has 0 saturated heterocycles. The molecular weight excluding hydrogens is 231 g/mol. The van der Waals surface area contributed by atoms with Gasteiger partial charge in [0.25, 0.3) is 0 Å². The zero-order valence-corrected chi connectivity index (χ0v) is 9.72. The van der Waals surface area contributed by atoms with Gasteiger partial charge in [-0.1, -0.05) is 0 Å². The molecule has 0 heterocycles. The number of hydrogen-bond donors (Lipinski definition) is 0. The fourth-order valence-electron chi connectivity index (χ4n) is 1.32. The van der Waals surface area contributed by atoms with Crippen LogP contribution in [0.25, 0.3) is 0 Å². The van der Waals surface area contributed by atoms with Gasteiger partial charge in [-0.15, -0.1) is 0 Å². The first-order valence-corrected chi connectivity index (χ1v) is 4.87. The predicted octanol–water partition coefficient (Wildman–Crippen LogP) is 2.67. The number of carbonyl (C=O) groups excluding carboxylic acids is 1. The summed E-state index contributed by atoms with van der Waals surface area (Å²) in [5, 5.41) is 0. The third-order valence-electron chi connectivity index (χ3n) is 2.13. The normalized spacial score (nSPS) is 10.9. The highest BCUT2D eigenvalue weighted by Gasteiger charge is 2.20. The zero-order valence-electron chi connectivity index (χ0n) is 9.72. The van der Waals surface area contributed by atoms with Gasteiger partial charge >= 0.3 is 0 Å². The highest BCUT2D eigenvalue weighted by Crippen LogP contribution is 2.20.